The summed E-state index contributed by atoms with van der Waals surface area (Å²) in [6.45, 7) is 7.20. The quantitative estimate of drug-likeness (QED) is 0.805. The Bertz CT molecular complexity index is 443. The van der Waals surface area contributed by atoms with Crippen LogP contribution in [0, 0.1) is 11.3 Å². The third kappa shape index (κ3) is 4.15. The highest BCUT2D eigenvalue weighted by molar-refractivity contribution is 5.57. The van der Waals surface area contributed by atoms with E-state index in [0.717, 1.165) is 5.92 Å². The highest BCUT2D eigenvalue weighted by Crippen LogP contribution is 2.40. The smallest absolute Gasteiger partial charge is 0.0381 e. The van der Waals surface area contributed by atoms with Crippen molar-refractivity contribution in [2.45, 2.75) is 58.9 Å². The Morgan fingerprint density at radius 1 is 1.14 bits per heavy atom. The Hall–Kier alpha value is -1.18. The lowest BCUT2D eigenvalue weighted by atomic mass is 9.69. The molecular weight excluding hydrogens is 256 g/mol. The van der Waals surface area contributed by atoms with Crippen molar-refractivity contribution in [3.05, 3.63) is 24.3 Å². The maximum atomic E-state index is 3.74. The van der Waals surface area contributed by atoms with Gasteiger partial charge in [0.1, 0.15) is 0 Å². The van der Waals surface area contributed by atoms with Crippen LogP contribution >= 0.6 is 0 Å². The molecule has 1 saturated carbocycles. The molecule has 1 aromatic rings. The fourth-order valence-electron chi connectivity index (χ4n) is 3.42. The molecule has 1 N–H and O–H groups in total. The van der Waals surface area contributed by atoms with E-state index in [4.69, 9.17) is 0 Å². The van der Waals surface area contributed by atoms with Crippen molar-refractivity contribution < 1.29 is 0 Å². The van der Waals surface area contributed by atoms with Crippen LogP contribution in [0.2, 0.25) is 0 Å². The van der Waals surface area contributed by atoms with Gasteiger partial charge in [-0.1, -0.05) is 33.3 Å². The Morgan fingerprint density at radius 2 is 1.81 bits per heavy atom. The molecule has 0 saturated heterocycles. The second-order valence-corrected chi connectivity index (χ2v) is 7.48. The summed E-state index contributed by atoms with van der Waals surface area (Å²) in [6.07, 6.45) is 6.64. The Morgan fingerprint density at radius 3 is 2.38 bits per heavy atom. The van der Waals surface area contributed by atoms with Gasteiger partial charge >= 0.3 is 0 Å². The Kier molecular flexibility index (Phi) is 5.18. The van der Waals surface area contributed by atoms with Crippen LogP contribution in [-0.2, 0) is 0 Å². The van der Waals surface area contributed by atoms with Crippen LogP contribution in [0.5, 0.6) is 0 Å². The summed E-state index contributed by atoms with van der Waals surface area (Å²) in [5.74, 6) is 0.897. The number of anilines is 2. The first-order valence-corrected chi connectivity index (χ1v) is 8.46. The molecule has 1 fully saturated rings. The molecule has 2 heteroatoms. The third-order valence-corrected chi connectivity index (χ3v) is 5.48. The fourth-order valence-corrected chi connectivity index (χ4v) is 3.42. The van der Waals surface area contributed by atoms with E-state index in [9.17, 15) is 0 Å². The lowest BCUT2D eigenvalue weighted by molar-refractivity contribution is 0.147. The molecule has 0 heterocycles. The number of hydrogen-bond donors (Lipinski definition) is 1. The molecule has 0 amide bonds. The topological polar surface area (TPSA) is 15.3 Å². The summed E-state index contributed by atoms with van der Waals surface area (Å²) in [4.78, 5) is 2.16. The molecule has 118 valence electrons. The monoisotopic (exact) mass is 288 g/mol. The molecule has 0 radical (unpaired) electrons. The van der Waals surface area contributed by atoms with Gasteiger partial charge in [-0.2, -0.15) is 0 Å². The van der Waals surface area contributed by atoms with E-state index in [1.807, 2.05) is 0 Å². The fraction of sp³-hybridized carbons (Fsp3) is 0.684. The van der Waals surface area contributed by atoms with Crippen LogP contribution in [0.15, 0.2) is 24.3 Å². The molecule has 0 bridgehead atoms. The second-order valence-electron chi connectivity index (χ2n) is 7.48. The molecule has 1 aromatic carbocycles. The number of nitrogens with one attached hydrogen (secondary N) is 1. The third-order valence-electron chi connectivity index (χ3n) is 5.48. The van der Waals surface area contributed by atoms with E-state index in [1.54, 1.807) is 0 Å². The normalized spacial score (nSPS) is 22.9. The Balaban J connectivity index is 1.90. The number of rotatable bonds is 5. The summed E-state index contributed by atoms with van der Waals surface area (Å²) in [5, 5.41) is 3.74. The molecule has 2 nitrogen and oxygen atoms in total. The predicted octanol–water partition coefficient (Wildman–Crippen LogP) is 5.16. The molecule has 0 spiro atoms. The highest BCUT2D eigenvalue weighted by Gasteiger charge is 2.31. The van der Waals surface area contributed by atoms with Gasteiger partial charge in [0, 0.05) is 31.5 Å². The van der Waals surface area contributed by atoms with E-state index in [0.29, 0.717) is 11.5 Å². The molecule has 0 aromatic heterocycles. The minimum Gasteiger partial charge on any atom is -0.382 e. The molecule has 2 rings (SSSR count). The largest absolute Gasteiger partial charge is 0.382 e. The SMILES string of the molecule is CCC(C)(C)C1CCC(Nc2cccc(N(C)C)c2)CC1. The zero-order valence-corrected chi connectivity index (χ0v) is 14.4. The van der Waals surface area contributed by atoms with Gasteiger partial charge in [-0.05, 0) is 55.2 Å². The first-order valence-electron chi connectivity index (χ1n) is 8.46. The standard InChI is InChI=1S/C19H32N2/c1-6-19(2,3)15-10-12-16(13-11-15)20-17-8-7-9-18(14-17)21(4)5/h7-9,14-16,20H,6,10-13H2,1-5H3. The van der Waals surface area contributed by atoms with Gasteiger partial charge in [0.05, 0.1) is 0 Å². The zero-order chi connectivity index (χ0) is 15.5. The van der Waals surface area contributed by atoms with Crippen molar-refractivity contribution in [2.24, 2.45) is 11.3 Å². The minimum atomic E-state index is 0.510. The van der Waals surface area contributed by atoms with Crippen LogP contribution in [0.1, 0.15) is 52.9 Å². The Labute approximate surface area is 130 Å². The van der Waals surface area contributed by atoms with Crippen LogP contribution in [0.3, 0.4) is 0 Å². The molecule has 1 aliphatic rings. The first kappa shape index (κ1) is 16.2. The molecular formula is C19H32N2. The van der Waals surface area contributed by atoms with Crippen molar-refractivity contribution in [3.8, 4) is 0 Å². The molecule has 21 heavy (non-hydrogen) atoms. The highest BCUT2D eigenvalue weighted by atomic mass is 15.1. The molecule has 0 unspecified atom stereocenters. The maximum absolute atomic E-state index is 3.74. The van der Waals surface area contributed by atoms with Gasteiger partial charge in [0.15, 0.2) is 0 Å². The number of benzene rings is 1. The average Bonchev–Trinajstić information content (AvgIpc) is 2.48. The van der Waals surface area contributed by atoms with Gasteiger partial charge in [0.25, 0.3) is 0 Å². The van der Waals surface area contributed by atoms with E-state index in [-0.39, 0.29) is 0 Å². The summed E-state index contributed by atoms with van der Waals surface area (Å²) in [5.41, 5.74) is 3.04. The molecule has 0 atom stereocenters. The molecule has 1 aliphatic carbocycles. The maximum Gasteiger partial charge on any atom is 0.0381 e. The average molecular weight is 288 g/mol. The first-order chi connectivity index (χ1) is 9.92. The summed E-state index contributed by atoms with van der Waals surface area (Å²) in [7, 11) is 4.19. The summed E-state index contributed by atoms with van der Waals surface area (Å²) >= 11 is 0. The zero-order valence-electron chi connectivity index (χ0n) is 14.4. The van der Waals surface area contributed by atoms with Crippen LogP contribution in [-0.4, -0.2) is 20.1 Å². The van der Waals surface area contributed by atoms with Crippen molar-refractivity contribution in [2.75, 3.05) is 24.3 Å². The minimum absolute atomic E-state index is 0.510. The van der Waals surface area contributed by atoms with Gasteiger partial charge in [-0.25, -0.2) is 0 Å². The summed E-state index contributed by atoms with van der Waals surface area (Å²) < 4.78 is 0. The lowest BCUT2D eigenvalue weighted by Crippen LogP contribution is -2.32. The predicted molar refractivity (Wildman–Crippen MR) is 94.2 cm³/mol. The number of hydrogen-bond acceptors (Lipinski definition) is 2. The van der Waals surface area contributed by atoms with Crippen molar-refractivity contribution in [3.63, 3.8) is 0 Å². The van der Waals surface area contributed by atoms with Crippen molar-refractivity contribution >= 4 is 11.4 Å². The van der Waals surface area contributed by atoms with Crippen LogP contribution in [0.25, 0.3) is 0 Å². The van der Waals surface area contributed by atoms with Gasteiger partial charge in [-0.3, -0.25) is 0 Å². The van der Waals surface area contributed by atoms with Crippen molar-refractivity contribution in [1.82, 2.24) is 0 Å². The molecule has 0 aliphatic heterocycles. The van der Waals surface area contributed by atoms with Gasteiger partial charge in [-0.15, -0.1) is 0 Å². The van der Waals surface area contributed by atoms with Crippen LogP contribution < -0.4 is 10.2 Å². The second kappa shape index (κ2) is 6.72. The summed E-state index contributed by atoms with van der Waals surface area (Å²) in [6, 6.07) is 9.39. The van der Waals surface area contributed by atoms with E-state index in [1.165, 1.54) is 43.5 Å². The van der Waals surface area contributed by atoms with E-state index < -0.39 is 0 Å². The van der Waals surface area contributed by atoms with Crippen LogP contribution in [0.4, 0.5) is 11.4 Å². The van der Waals surface area contributed by atoms with Gasteiger partial charge in [0.2, 0.25) is 0 Å². The lowest BCUT2D eigenvalue weighted by Gasteiger charge is -2.39. The number of nitrogens with zero attached hydrogens (tertiary/aromatic N) is 1. The van der Waals surface area contributed by atoms with Gasteiger partial charge < -0.3 is 10.2 Å². The van der Waals surface area contributed by atoms with E-state index >= 15 is 0 Å². The van der Waals surface area contributed by atoms with Crippen molar-refractivity contribution in [1.29, 1.82) is 0 Å². The van der Waals surface area contributed by atoms with E-state index in [2.05, 4.69) is 69.3 Å².